The third-order valence-electron chi connectivity index (χ3n) is 3.89. The van der Waals surface area contributed by atoms with Crippen molar-refractivity contribution in [3.05, 3.63) is 29.8 Å². The lowest BCUT2D eigenvalue weighted by Crippen LogP contribution is -2.52. The van der Waals surface area contributed by atoms with Crippen molar-refractivity contribution in [2.75, 3.05) is 45.4 Å². The number of nitrogens with zero attached hydrogens (tertiary/aromatic N) is 1. The van der Waals surface area contributed by atoms with Gasteiger partial charge in [0.25, 0.3) is 5.91 Å². The summed E-state index contributed by atoms with van der Waals surface area (Å²) in [5.41, 5.74) is 0.434. The molecule has 1 atom stereocenters. The van der Waals surface area contributed by atoms with Crippen LogP contribution < -0.4 is 10.1 Å². The van der Waals surface area contributed by atoms with Gasteiger partial charge in [0.2, 0.25) is 5.91 Å². The van der Waals surface area contributed by atoms with Gasteiger partial charge in [-0.3, -0.25) is 9.59 Å². The smallest absolute Gasteiger partial charge is 0.255 e. The average Bonchev–Trinajstić information content (AvgIpc) is 2.65. The molecule has 2 amide bonds. The highest BCUT2D eigenvalue weighted by Gasteiger charge is 2.27. The molecule has 24 heavy (non-hydrogen) atoms. The Morgan fingerprint density at radius 2 is 2.04 bits per heavy atom. The Morgan fingerprint density at radius 3 is 2.71 bits per heavy atom. The molecule has 6 nitrogen and oxygen atoms in total. The summed E-state index contributed by atoms with van der Waals surface area (Å²) < 4.78 is 10.5. The number of thioether (sulfide) groups is 1. The van der Waals surface area contributed by atoms with Gasteiger partial charge in [0.15, 0.2) is 0 Å². The van der Waals surface area contributed by atoms with Crippen LogP contribution in [0, 0.1) is 0 Å². The number of rotatable bonds is 7. The summed E-state index contributed by atoms with van der Waals surface area (Å²) in [5, 5.41) is 2.88. The van der Waals surface area contributed by atoms with Crippen molar-refractivity contribution in [2.24, 2.45) is 0 Å². The lowest BCUT2D eigenvalue weighted by atomic mass is 10.1. The number of carbonyl (C=O) groups is 2. The van der Waals surface area contributed by atoms with Crippen LogP contribution in [0.5, 0.6) is 5.75 Å². The summed E-state index contributed by atoms with van der Waals surface area (Å²) in [6.45, 7) is 2.22. The molecule has 7 heteroatoms. The molecule has 1 aliphatic rings. The molecule has 0 aromatic heterocycles. The SMILES string of the molecule is COc1ccccc1C(=O)N[C@@H](CCSC)C(=O)N1CCOCC1. The predicted octanol–water partition coefficient (Wildman–Crippen LogP) is 1.41. The molecule has 1 aromatic rings. The molecule has 2 rings (SSSR count). The van der Waals surface area contributed by atoms with E-state index in [4.69, 9.17) is 9.47 Å². The van der Waals surface area contributed by atoms with E-state index in [-0.39, 0.29) is 11.8 Å². The molecule has 1 fully saturated rings. The first-order valence-electron chi connectivity index (χ1n) is 7.96. The van der Waals surface area contributed by atoms with E-state index in [1.165, 1.54) is 7.11 Å². The molecule has 1 saturated heterocycles. The fraction of sp³-hybridized carbons (Fsp3) is 0.529. The monoisotopic (exact) mass is 352 g/mol. The Labute approximate surface area is 146 Å². The molecule has 132 valence electrons. The molecular weight excluding hydrogens is 328 g/mol. The van der Waals surface area contributed by atoms with Crippen LogP contribution >= 0.6 is 11.8 Å². The first-order valence-corrected chi connectivity index (χ1v) is 9.36. The molecule has 1 heterocycles. The largest absolute Gasteiger partial charge is 0.496 e. The molecule has 0 unspecified atom stereocenters. The van der Waals surface area contributed by atoms with Crippen LogP contribution in [0.4, 0.5) is 0 Å². The number of carbonyl (C=O) groups excluding carboxylic acids is 2. The molecule has 1 aromatic carbocycles. The summed E-state index contributed by atoms with van der Waals surface area (Å²) in [6.07, 6.45) is 2.58. The van der Waals surface area contributed by atoms with E-state index in [0.29, 0.717) is 44.0 Å². The first-order chi connectivity index (χ1) is 11.7. The normalized spacial score (nSPS) is 15.7. The van der Waals surface area contributed by atoms with Crippen LogP contribution in [-0.2, 0) is 9.53 Å². The van der Waals surface area contributed by atoms with Gasteiger partial charge in [0.05, 0.1) is 25.9 Å². The number of benzene rings is 1. The minimum Gasteiger partial charge on any atom is -0.496 e. The Morgan fingerprint density at radius 1 is 1.33 bits per heavy atom. The summed E-state index contributed by atoms with van der Waals surface area (Å²) >= 11 is 1.65. The lowest BCUT2D eigenvalue weighted by Gasteiger charge is -2.30. The number of methoxy groups -OCH3 is 1. The van der Waals surface area contributed by atoms with Crippen LogP contribution in [-0.4, -0.2) is 68.2 Å². The average molecular weight is 352 g/mol. The fourth-order valence-corrected chi connectivity index (χ4v) is 3.04. The van der Waals surface area contributed by atoms with Crippen molar-refractivity contribution < 1.29 is 19.1 Å². The Bertz CT molecular complexity index is 561. The maximum atomic E-state index is 12.7. The summed E-state index contributed by atoms with van der Waals surface area (Å²) in [6, 6.07) is 6.47. The van der Waals surface area contributed by atoms with E-state index in [1.54, 1.807) is 40.9 Å². The predicted molar refractivity (Wildman–Crippen MR) is 94.6 cm³/mol. The van der Waals surface area contributed by atoms with Gasteiger partial charge in [0.1, 0.15) is 11.8 Å². The Hall–Kier alpha value is -1.73. The zero-order valence-electron chi connectivity index (χ0n) is 14.1. The molecule has 1 N–H and O–H groups in total. The second-order valence-corrected chi connectivity index (χ2v) is 6.43. The van der Waals surface area contributed by atoms with Crippen LogP contribution in [0.2, 0.25) is 0 Å². The summed E-state index contributed by atoms with van der Waals surface area (Å²) in [4.78, 5) is 27.1. The number of nitrogens with one attached hydrogen (secondary N) is 1. The standard InChI is InChI=1S/C17H24N2O4S/c1-22-15-6-4-3-5-13(15)16(20)18-14(7-12-24-2)17(21)19-8-10-23-11-9-19/h3-6,14H,7-12H2,1-2H3,(H,18,20)/t14-/m0/s1. The number of hydrogen-bond donors (Lipinski definition) is 1. The molecule has 0 spiro atoms. The van der Waals surface area contributed by atoms with Crippen molar-refractivity contribution in [3.8, 4) is 5.75 Å². The van der Waals surface area contributed by atoms with Gasteiger partial charge in [-0.25, -0.2) is 0 Å². The molecule has 0 saturated carbocycles. The van der Waals surface area contributed by atoms with Crippen LogP contribution in [0.3, 0.4) is 0 Å². The second-order valence-electron chi connectivity index (χ2n) is 5.45. The first kappa shape index (κ1) is 18.6. The zero-order valence-corrected chi connectivity index (χ0v) is 14.9. The van der Waals surface area contributed by atoms with E-state index in [2.05, 4.69) is 5.32 Å². The topological polar surface area (TPSA) is 67.9 Å². The highest BCUT2D eigenvalue weighted by Crippen LogP contribution is 2.18. The van der Waals surface area contributed by atoms with Gasteiger partial charge in [-0.2, -0.15) is 11.8 Å². The van der Waals surface area contributed by atoms with E-state index in [9.17, 15) is 9.59 Å². The summed E-state index contributed by atoms with van der Waals surface area (Å²) in [7, 11) is 1.52. The minimum atomic E-state index is -0.534. The third kappa shape index (κ3) is 4.88. The van der Waals surface area contributed by atoms with Crippen LogP contribution in [0.25, 0.3) is 0 Å². The van der Waals surface area contributed by atoms with Crippen molar-refractivity contribution in [3.63, 3.8) is 0 Å². The van der Waals surface area contributed by atoms with E-state index in [1.807, 2.05) is 6.26 Å². The Balaban J connectivity index is 2.09. The van der Waals surface area contributed by atoms with Gasteiger partial charge in [-0.05, 0) is 30.6 Å². The molecule has 1 aliphatic heterocycles. The molecule has 0 bridgehead atoms. The summed E-state index contributed by atoms with van der Waals surface area (Å²) in [5.74, 6) is 0.959. The van der Waals surface area contributed by atoms with E-state index in [0.717, 1.165) is 5.75 Å². The zero-order chi connectivity index (χ0) is 17.4. The molecule has 0 radical (unpaired) electrons. The van der Waals surface area contributed by atoms with Gasteiger partial charge in [-0.15, -0.1) is 0 Å². The third-order valence-corrected chi connectivity index (χ3v) is 4.53. The van der Waals surface area contributed by atoms with E-state index >= 15 is 0 Å². The number of ether oxygens (including phenoxy) is 2. The van der Waals surface area contributed by atoms with Crippen LogP contribution in [0.15, 0.2) is 24.3 Å². The second kappa shape index (κ2) is 9.54. The Kier molecular flexibility index (Phi) is 7.39. The van der Waals surface area contributed by atoms with Crippen molar-refractivity contribution in [2.45, 2.75) is 12.5 Å². The number of morpholine rings is 1. The van der Waals surface area contributed by atoms with E-state index < -0.39 is 6.04 Å². The number of para-hydroxylation sites is 1. The highest BCUT2D eigenvalue weighted by atomic mass is 32.2. The van der Waals surface area contributed by atoms with Crippen molar-refractivity contribution in [1.82, 2.24) is 10.2 Å². The van der Waals surface area contributed by atoms with Crippen LogP contribution in [0.1, 0.15) is 16.8 Å². The van der Waals surface area contributed by atoms with Crippen molar-refractivity contribution in [1.29, 1.82) is 0 Å². The highest BCUT2D eigenvalue weighted by molar-refractivity contribution is 7.98. The molecule has 0 aliphatic carbocycles. The van der Waals surface area contributed by atoms with Gasteiger partial charge < -0.3 is 19.7 Å². The minimum absolute atomic E-state index is 0.0457. The van der Waals surface area contributed by atoms with Gasteiger partial charge in [0, 0.05) is 13.1 Å². The maximum absolute atomic E-state index is 12.7. The van der Waals surface area contributed by atoms with Gasteiger partial charge >= 0.3 is 0 Å². The van der Waals surface area contributed by atoms with Gasteiger partial charge in [-0.1, -0.05) is 12.1 Å². The number of hydrogen-bond acceptors (Lipinski definition) is 5. The quantitative estimate of drug-likeness (QED) is 0.804. The molecular formula is C17H24N2O4S. The maximum Gasteiger partial charge on any atom is 0.255 e. The van der Waals surface area contributed by atoms with Crippen molar-refractivity contribution >= 4 is 23.6 Å². The fourth-order valence-electron chi connectivity index (χ4n) is 2.57. The lowest BCUT2D eigenvalue weighted by molar-refractivity contribution is -0.137. The number of amides is 2.